The molecule has 2 aliphatic rings. The van der Waals surface area contributed by atoms with Crippen LogP contribution in [0.1, 0.15) is 50.1 Å². The predicted octanol–water partition coefficient (Wildman–Crippen LogP) is 3.17. The Bertz CT molecular complexity index is 466. The molecule has 1 N–H and O–H groups in total. The minimum Gasteiger partial charge on any atom is -0.378 e. The number of rotatable bonds is 9. The molecule has 1 aromatic rings. The number of aromatic nitrogens is 1. The van der Waals surface area contributed by atoms with E-state index in [9.17, 15) is 0 Å². The normalized spacial score (nSPS) is 18.5. The summed E-state index contributed by atoms with van der Waals surface area (Å²) in [5.41, 5.74) is 1.12. The summed E-state index contributed by atoms with van der Waals surface area (Å²) in [7, 11) is 1.75. The molecule has 1 aromatic heterocycles. The van der Waals surface area contributed by atoms with Gasteiger partial charge in [0, 0.05) is 37.2 Å². The first kappa shape index (κ1) is 15.3. The third-order valence-corrected chi connectivity index (χ3v) is 5.33. The van der Waals surface area contributed by atoms with E-state index in [-0.39, 0.29) is 0 Å². The topological polar surface area (TPSA) is 37.4 Å². The molecule has 4 nitrogen and oxygen atoms in total. The van der Waals surface area contributed by atoms with E-state index in [0.29, 0.717) is 12.6 Å². The highest BCUT2D eigenvalue weighted by Crippen LogP contribution is 2.35. The predicted molar refractivity (Wildman–Crippen MR) is 87.9 cm³/mol. The monoisotopic (exact) mass is 309 g/mol. The quantitative estimate of drug-likeness (QED) is 0.760. The first-order valence-electron chi connectivity index (χ1n) is 8.15. The molecule has 0 radical (unpaired) electrons. The number of thiazole rings is 1. The lowest BCUT2D eigenvalue weighted by molar-refractivity contribution is 0.181. The molecule has 2 saturated carbocycles. The van der Waals surface area contributed by atoms with Crippen LogP contribution in [0.15, 0.2) is 0 Å². The van der Waals surface area contributed by atoms with Crippen molar-refractivity contribution in [1.82, 2.24) is 10.3 Å². The van der Waals surface area contributed by atoms with Crippen LogP contribution in [0.2, 0.25) is 0 Å². The summed E-state index contributed by atoms with van der Waals surface area (Å²) in [6.45, 7) is 7.25. The lowest BCUT2D eigenvalue weighted by atomic mass is 10.3. The van der Waals surface area contributed by atoms with E-state index < -0.39 is 0 Å². The molecule has 3 rings (SSSR count). The molecule has 0 aromatic carbocycles. The van der Waals surface area contributed by atoms with Gasteiger partial charge in [-0.1, -0.05) is 0 Å². The summed E-state index contributed by atoms with van der Waals surface area (Å²) < 4.78 is 5.34. The molecule has 0 aliphatic heterocycles. The van der Waals surface area contributed by atoms with Gasteiger partial charge < -0.3 is 15.0 Å². The zero-order chi connectivity index (χ0) is 14.8. The van der Waals surface area contributed by atoms with Crippen molar-refractivity contribution in [3.63, 3.8) is 0 Å². The minimum atomic E-state index is 0.511. The largest absolute Gasteiger partial charge is 0.378 e. The van der Waals surface area contributed by atoms with E-state index in [4.69, 9.17) is 9.72 Å². The van der Waals surface area contributed by atoms with Crippen molar-refractivity contribution >= 4 is 16.5 Å². The van der Waals surface area contributed by atoms with E-state index in [1.54, 1.807) is 7.11 Å². The molecule has 118 valence electrons. The zero-order valence-electron chi connectivity index (χ0n) is 13.4. The SMILES string of the molecule is COCc1nc(N(CC2CC2)C(C)C)sc1CNC1CC1. The number of nitrogens with one attached hydrogen (secondary N) is 1. The van der Waals surface area contributed by atoms with E-state index >= 15 is 0 Å². The van der Waals surface area contributed by atoms with E-state index in [1.165, 1.54) is 35.7 Å². The molecule has 0 atom stereocenters. The van der Waals surface area contributed by atoms with Crippen LogP contribution in [0, 0.1) is 5.92 Å². The summed E-state index contributed by atoms with van der Waals surface area (Å²) in [6, 6.07) is 1.25. The summed E-state index contributed by atoms with van der Waals surface area (Å²) in [6.07, 6.45) is 5.42. The molecule has 0 spiro atoms. The fourth-order valence-corrected chi connectivity index (χ4v) is 3.65. The van der Waals surface area contributed by atoms with Gasteiger partial charge in [0.1, 0.15) is 0 Å². The van der Waals surface area contributed by atoms with Crippen LogP contribution in [0.4, 0.5) is 5.13 Å². The molecule has 21 heavy (non-hydrogen) atoms. The molecule has 0 bridgehead atoms. The number of methoxy groups -OCH3 is 1. The fourth-order valence-electron chi connectivity index (χ4n) is 2.49. The summed E-state index contributed by atoms with van der Waals surface area (Å²) in [4.78, 5) is 8.70. The number of ether oxygens (including phenoxy) is 1. The summed E-state index contributed by atoms with van der Waals surface area (Å²) in [5.74, 6) is 0.884. The maximum Gasteiger partial charge on any atom is 0.186 e. The Labute approximate surface area is 131 Å². The van der Waals surface area contributed by atoms with Gasteiger partial charge in [-0.2, -0.15) is 0 Å². The van der Waals surface area contributed by atoms with Crippen molar-refractivity contribution in [3.05, 3.63) is 10.6 Å². The molecular formula is C16H27N3OS. The average molecular weight is 309 g/mol. The molecule has 2 fully saturated rings. The Morgan fingerprint density at radius 3 is 2.67 bits per heavy atom. The highest BCUT2D eigenvalue weighted by Gasteiger charge is 2.28. The minimum absolute atomic E-state index is 0.511. The van der Waals surface area contributed by atoms with Gasteiger partial charge >= 0.3 is 0 Å². The summed E-state index contributed by atoms with van der Waals surface area (Å²) >= 11 is 1.85. The maximum atomic E-state index is 5.34. The first-order valence-corrected chi connectivity index (χ1v) is 8.96. The van der Waals surface area contributed by atoms with Gasteiger partial charge in [-0.05, 0) is 45.4 Å². The molecular weight excluding hydrogens is 282 g/mol. The van der Waals surface area contributed by atoms with Crippen LogP contribution in [-0.2, 0) is 17.9 Å². The van der Waals surface area contributed by atoms with Crippen LogP contribution >= 0.6 is 11.3 Å². The van der Waals surface area contributed by atoms with Crippen LogP contribution < -0.4 is 10.2 Å². The zero-order valence-corrected chi connectivity index (χ0v) is 14.2. The van der Waals surface area contributed by atoms with E-state index in [1.807, 2.05) is 11.3 Å². The molecule has 0 unspecified atom stereocenters. The number of hydrogen-bond acceptors (Lipinski definition) is 5. The Morgan fingerprint density at radius 1 is 1.33 bits per heavy atom. The van der Waals surface area contributed by atoms with Gasteiger partial charge in [-0.3, -0.25) is 0 Å². The Balaban J connectivity index is 1.73. The maximum absolute atomic E-state index is 5.34. The second kappa shape index (κ2) is 6.63. The van der Waals surface area contributed by atoms with Gasteiger partial charge in [0.15, 0.2) is 5.13 Å². The van der Waals surface area contributed by atoms with Gasteiger partial charge in [0.25, 0.3) is 0 Å². The van der Waals surface area contributed by atoms with Gasteiger partial charge in [0.2, 0.25) is 0 Å². The van der Waals surface area contributed by atoms with Crippen molar-refractivity contribution < 1.29 is 4.74 Å². The van der Waals surface area contributed by atoms with Crippen LogP contribution in [0.3, 0.4) is 0 Å². The average Bonchev–Trinajstić information content (AvgIpc) is 3.35. The standard InChI is InChI=1S/C16H27N3OS/c1-11(2)19(9-12-4-5-12)16-18-14(10-20-3)15(21-16)8-17-13-6-7-13/h11-13,17H,4-10H2,1-3H3. The Morgan fingerprint density at radius 2 is 2.10 bits per heavy atom. The van der Waals surface area contributed by atoms with Crippen LogP contribution in [-0.4, -0.2) is 30.7 Å². The van der Waals surface area contributed by atoms with E-state index in [2.05, 4.69) is 24.1 Å². The third-order valence-electron chi connectivity index (χ3n) is 4.20. The number of anilines is 1. The summed E-state index contributed by atoms with van der Waals surface area (Å²) in [5, 5.41) is 4.78. The molecule has 1 heterocycles. The number of hydrogen-bond donors (Lipinski definition) is 1. The molecule has 5 heteroatoms. The second-order valence-corrected chi connectivity index (χ2v) is 7.71. The smallest absolute Gasteiger partial charge is 0.186 e. The highest BCUT2D eigenvalue weighted by atomic mass is 32.1. The van der Waals surface area contributed by atoms with Crippen molar-refractivity contribution in [1.29, 1.82) is 0 Å². The van der Waals surface area contributed by atoms with Crippen molar-refractivity contribution in [2.45, 2.75) is 64.8 Å². The number of nitrogens with zero attached hydrogens (tertiary/aromatic N) is 2. The van der Waals surface area contributed by atoms with Gasteiger partial charge in [-0.15, -0.1) is 11.3 Å². The fraction of sp³-hybridized carbons (Fsp3) is 0.812. The highest BCUT2D eigenvalue weighted by molar-refractivity contribution is 7.15. The second-order valence-electron chi connectivity index (χ2n) is 6.64. The van der Waals surface area contributed by atoms with Gasteiger partial charge in [0.05, 0.1) is 12.3 Å². The Hall–Kier alpha value is -0.650. The van der Waals surface area contributed by atoms with Crippen molar-refractivity contribution in [2.75, 3.05) is 18.6 Å². The van der Waals surface area contributed by atoms with E-state index in [0.717, 1.165) is 30.7 Å². The lowest BCUT2D eigenvalue weighted by Gasteiger charge is -2.26. The molecule has 2 aliphatic carbocycles. The molecule has 0 saturated heterocycles. The van der Waals surface area contributed by atoms with Crippen LogP contribution in [0.25, 0.3) is 0 Å². The van der Waals surface area contributed by atoms with Crippen molar-refractivity contribution in [3.8, 4) is 0 Å². The first-order chi connectivity index (χ1) is 10.2. The molecule has 0 amide bonds. The van der Waals surface area contributed by atoms with Gasteiger partial charge in [-0.25, -0.2) is 4.98 Å². The third kappa shape index (κ3) is 4.18. The van der Waals surface area contributed by atoms with Crippen LogP contribution in [0.5, 0.6) is 0 Å². The lowest BCUT2D eigenvalue weighted by Crippen LogP contribution is -2.32. The Kier molecular flexibility index (Phi) is 4.82. The van der Waals surface area contributed by atoms with Crippen molar-refractivity contribution in [2.24, 2.45) is 5.92 Å².